The van der Waals surface area contributed by atoms with Crippen molar-refractivity contribution in [2.45, 2.75) is 20.8 Å². The molecule has 0 nitrogen and oxygen atoms in total. The lowest BCUT2D eigenvalue weighted by molar-refractivity contribution is 1.37. The van der Waals surface area contributed by atoms with Crippen molar-refractivity contribution in [1.82, 2.24) is 0 Å². The van der Waals surface area contributed by atoms with Gasteiger partial charge in [0.2, 0.25) is 0 Å². The van der Waals surface area contributed by atoms with Gasteiger partial charge in [-0.05, 0) is 26.8 Å². The van der Waals surface area contributed by atoms with E-state index in [-0.39, 0.29) is 0 Å². The van der Waals surface area contributed by atoms with Gasteiger partial charge in [0.1, 0.15) is 0 Å². The normalized spacial score (nSPS) is 10.0. The van der Waals surface area contributed by atoms with Crippen LogP contribution in [-0.4, -0.2) is 0 Å². The van der Waals surface area contributed by atoms with E-state index in [0.29, 0.717) is 0 Å². The van der Waals surface area contributed by atoms with Crippen molar-refractivity contribution >= 4 is 11.6 Å². The molecule has 0 unspecified atom stereocenters. The Bertz CT molecular complexity index is 181. The Hall–Kier alpha value is -0.490. The molecule has 0 aliphatic rings. The highest BCUT2D eigenvalue weighted by molar-refractivity contribution is 6.31. The van der Waals surface area contributed by atoms with Gasteiger partial charge in [-0.25, -0.2) is 0 Å². The number of allylic oxidation sites excluding steroid dienone is 5. The van der Waals surface area contributed by atoms with Crippen molar-refractivity contribution < 1.29 is 0 Å². The molecule has 0 amide bonds. The predicted octanol–water partition coefficient (Wildman–Crippen LogP) is 3.65. The van der Waals surface area contributed by atoms with Crippen molar-refractivity contribution in [2.75, 3.05) is 0 Å². The summed E-state index contributed by atoms with van der Waals surface area (Å²) in [6, 6.07) is 0. The van der Waals surface area contributed by atoms with Crippen LogP contribution in [0.25, 0.3) is 0 Å². The van der Waals surface area contributed by atoms with Gasteiger partial charge in [0.15, 0.2) is 0 Å². The van der Waals surface area contributed by atoms with Gasteiger partial charge in [-0.1, -0.05) is 35.4 Å². The summed E-state index contributed by atoms with van der Waals surface area (Å²) in [7, 11) is 0. The molecule has 0 saturated heterocycles. The number of hydrogen-bond donors (Lipinski definition) is 0. The Morgan fingerprint density at radius 1 is 1.20 bits per heavy atom. The number of rotatable bonds is 2. The molecule has 1 heteroatoms. The summed E-state index contributed by atoms with van der Waals surface area (Å²) in [6.07, 6.45) is 3.76. The molecule has 0 radical (unpaired) electrons. The average molecular weight is 157 g/mol. The van der Waals surface area contributed by atoms with Gasteiger partial charge < -0.3 is 0 Å². The highest BCUT2D eigenvalue weighted by atomic mass is 35.5. The molecule has 10 heavy (non-hydrogen) atoms. The van der Waals surface area contributed by atoms with Crippen molar-refractivity contribution in [1.29, 1.82) is 0 Å². The summed E-state index contributed by atoms with van der Waals surface area (Å²) >= 11 is 5.81. The predicted molar refractivity (Wildman–Crippen MR) is 48.2 cm³/mol. The van der Waals surface area contributed by atoms with Gasteiger partial charge in [-0.15, -0.1) is 0 Å². The minimum Gasteiger partial charge on any atom is -0.0961 e. The minimum atomic E-state index is 0.794. The van der Waals surface area contributed by atoms with Crippen LogP contribution >= 0.6 is 11.6 Å². The lowest BCUT2D eigenvalue weighted by Gasteiger charge is -1.91. The number of hydrogen-bond acceptors (Lipinski definition) is 0. The van der Waals surface area contributed by atoms with Gasteiger partial charge in [0.05, 0.1) is 0 Å². The standard InChI is InChI=1S/C9H13Cl/c1-7(2)5-6-9(10)8(3)4/h5-6H,1H2,2-4H3/b6-5-. The second-order valence-corrected chi connectivity index (χ2v) is 2.93. The molecule has 0 atom stereocenters. The zero-order valence-electron chi connectivity index (χ0n) is 6.74. The van der Waals surface area contributed by atoms with Crippen LogP contribution in [0.2, 0.25) is 0 Å². The fraction of sp³-hybridized carbons (Fsp3) is 0.333. The largest absolute Gasteiger partial charge is 0.0961 e. The number of halogens is 1. The van der Waals surface area contributed by atoms with Gasteiger partial charge >= 0.3 is 0 Å². The summed E-state index contributed by atoms with van der Waals surface area (Å²) in [4.78, 5) is 0. The van der Waals surface area contributed by atoms with Gasteiger partial charge in [-0.2, -0.15) is 0 Å². The highest BCUT2D eigenvalue weighted by Crippen LogP contribution is 2.10. The van der Waals surface area contributed by atoms with E-state index < -0.39 is 0 Å². The third-order valence-corrected chi connectivity index (χ3v) is 1.50. The van der Waals surface area contributed by atoms with Gasteiger partial charge in [-0.3, -0.25) is 0 Å². The van der Waals surface area contributed by atoms with E-state index in [1.165, 1.54) is 0 Å². The molecule has 0 aliphatic heterocycles. The Morgan fingerprint density at radius 2 is 1.70 bits per heavy atom. The van der Waals surface area contributed by atoms with Crippen LogP contribution in [-0.2, 0) is 0 Å². The second-order valence-electron chi connectivity index (χ2n) is 2.53. The molecule has 0 aromatic heterocycles. The van der Waals surface area contributed by atoms with E-state index in [9.17, 15) is 0 Å². The summed E-state index contributed by atoms with van der Waals surface area (Å²) in [5, 5.41) is 0.794. The first kappa shape index (κ1) is 9.51. The van der Waals surface area contributed by atoms with E-state index in [2.05, 4.69) is 6.58 Å². The lowest BCUT2D eigenvalue weighted by atomic mass is 10.2. The van der Waals surface area contributed by atoms with Crippen LogP contribution < -0.4 is 0 Å². The monoisotopic (exact) mass is 156 g/mol. The maximum absolute atomic E-state index is 5.81. The van der Waals surface area contributed by atoms with E-state index in [0.717, 1.165) is 16.2 Å². The van der Waals surface area contributed by atoms with E-state index in [1.807, 2.05) is 32.9 Å². The molecule has 0 heterocycles. The third kappa shape index (κ3) is 4.39. The van der Waals surface area contributed by atoms with Gasteiger partial charge in [0.25, 0.3) is 0 Å². The first-order valence-electron chi connectivity index (χ1n) is 3.20. The maximum Gasteiger partial charge on any atom is 0.0392 e. The average Bonchev–Trinajstić information content (AvgIpc) is 1.82. The van der Waals surface area contributed by atoms with Crippen LogP contribution in [0.3, 0.4) is 0 Å². The van der Waals surface area contributed by atoms with Crippen LogP contribution in [0.15, 0.2) is 34.9 Å². The van der Waals surface area contributed by atoms with Crippen LogP contribution in [0, 0.1) is 0 Å². The van der Waals surface area contributed by atoms with E-state index in [1.54, 1.807) is 0 Å². The maximum atomic E-state index is 5.81. The zero-order valence-corrected chi connectivity index (χ0v) is 7.50. The van der Waals surface area contributed by atoms with Crippen LogP contribution in [0.5, 0.6) is 0 Å². The molecule has 0 saturated carbocycles. The Labute approximate surface area is 67.9 Å². The molecule has 0 rings (SSSR count). The summed E-state index contributed by atoms with van der Waals surface area (Å²) in [5.74, 6) is 0. The molecule has 56 valence electrons. The molecule has 0 aromatic carbocycles. The SMILES string of the molecule is C=C(C)/C=C\C(Cl)=C(C)C. The topological polar surface area (TPSA) is 0 Å². The Morgan fingerprint density at radius 3 is 2.00 bits per heavy atom. The third-order valence-electron chi connectivity index (χ3n) is 0.992. The fourth-order valence-electron chi connectivity index (χ4n) is 0.382. The quantitative estimate of drug-likeness (QED) is 0.536. The van der Waals surface area contributed by atoms with E-state index in [4.69, 9.17) is 11.6 Å². The lowest BCUT2D eigenvalue weighted by Crippen LogP contribution is -1.69. The summed E-state index contributed by atoms with van der Waals surface area (Å²) in [5.41, 5.74) is 2.14. The molecule has 0 aliphatic carbocycles. The second kappa shape index (κ2) is 4.35. The van der Waals surface area contributed by atoms with Crippen LogP contribution in [0.4, 0.5) is 0 Å². The Kier molecular flexibility index (Phi) is 4.13. The molecule has 0 spiro atoms. The fourth-order valence-corrected chi connectivity index (χ4v) is 0.445. The Balaban J connectivity index is 4.16. The molecule has 0 N–H and O–H groups in total. The van der Waals surface area contributed by atoms with E-state index >= 15 is 0 Å². The highest BCUT2D eigenvalue weighted by Gasteiger charge is 1.86. The molecular weight excluding hydrogens is 144 g/mol. The first-order valence-corrected chi connectivity index (χ1v) is 3.58. The minimum absolute atomic E-state index is 0.794. The van der Waals surface area contributed by atoms with Crippen molar-refractivity contribution in [3.63, 3.8) is 0 Å². The molecule has 0 fully saturated rings. The van der Waals surface area contributed by atoms with Crippen molar-refractivity contribution in [3.05, 3.63) is 34.9 Å². The molecule has 0 bridgehead atoms. The van der Waals surface area contributed by atoms with Crippen molar-refractivity contribution in [3.8, 4) is 0 Å². The summed E-state index contributed by atoms with van der Waals surface area (Å²) < 4.78 is 0. The zero-order chi connectivity index (χ0) is 8.15. The first-order chi connectivity index (χ1) is 4.54. The smallest absolute Gasteiger partial charge is 0.0392 e. The van der Waals surface area contributed by atoms with Crippen LogP contribution in [0.1, 0.15) is 20.8 Å². The van der Waals surface area contributed by atoms with Gasteiger partial charge in [0, 0.05) is 5.03 Å². The van der Waals surface area contributed by atoms with Crippen molar-refractivity contribution in [2.24, 2.45) is 0 Å². The molecule has 0 aromatic rings. The summed E-state index contributed by atoms with van der Waals surface area (Å²) in [6.45, 7) is 9.61. The molecular formula is C9H13Cl.